The number of hydrogen-bond acceptors (Lipinski definition) is 2. The van der Waals surface area contributed by atoms with Gasteiger partial charge < -0.3 is 4.52 Å². The van der Waals surface area contributed by atoms with E-state index < -0.39 is 7.37 Å². The van der Waals surface area contributed by atoms with Crippen LogP contribution in [0.15, 0.2) is 65.7 Å². The molecule has 2 aromatic carbocycles. The number of allylic oxidation sites excluding steroid dienone is 1. The average molecular weight is 308 g/mol. The second kappa shape index (κ2) is 5.32. The quantitative estimate of drug-likeness (QED) is 0.530. The van der Waals surface area contributed by atoms with Crippen LogP contribution in [0, 0.1) is 0 Å². The van der Waals surface area contributed by atoms with Crippen molar-refractivity contribution in [3.8, 4) is 16.9 Å². The maximum absolute atomic E-state index is 13.4. The molecule has 4 rings (SSSR count). The molecule has 1 unspecified atom stereocenters. The minimum Gasteiger partial charge on any atom is -0.436 e. The maximum atomic E-state index is 13.4. The van der Waals surface area contributed by atoms with Gasteiger partial charge in [-0.2, -0.15) is 0 Å². The van der Waals surface area contributed by atoms with Crippen LogP contribution in [-0.4, -0.2) is 0 Å². The molecule has 1 heterocycles. The van der Waals surface area contributed by atoms with Crippen LogP contribution in [0.5, 0.6) is 5.75 Å². The van der Waals surface area contributed by atoms with E-state index in [-0.39, 0.29) is 0 Å². The predicted molar refractivity (Wildman–Crippen MR) is 89.8 cm³/mol. The Bertz CT molecular complexity index is 836. The van der Waals surface area contributed by atoms with Crippen molar-refractivity contribution in [2.75, 3.05) is 0 Å². The zero-order valence-corrected chi connectivity index (χ0v) is 13.2. The van der Waals surface area contributed by atoms with Crippen LogP contribution in [0.2, 0.25) is 0 Å². The van der Waals surface area contributed by atoms with Gasteiger partial charge in [0.05, 0.1) is 11.1 Å². The lowest BCUT2D eigenvalue weighted by Gasteiger charge is -2.26. The van der Waals surface area contributed by atoms with Crippen molar-refractivity contribution < 1.29 is 9.09 Å². The third kappa shape index (κ3) is 2.25. The molecular formula is C19H17O2P. The highest BCUT2D eigenvalue weighted by Gasteiger charge is 2.33. The Hall–Kier alpha value is -2.01. The van der Waals surface area contributed by atoms with Gasteiger partial charge in [-0.05, 0) is 49.0 Å². The van der Waals surface area contributed by atoms with E-state index in [9.17, 15) is 4.57 Å². The summed E-state index contributed by atoms with van der Waals surface area (Å²) in [5.41, 5.74) is 6.53. The SMILES string of the molecule is O=P1(C=C=C2CCCC2)Oc2ccccc2-c2ccccc21. The van der Waals surface area contributed by atoms with E-state index in [1.807, 2.05) is 48.5 Å². The lowest BCUT2D eigenvalue weighted by Crippen LogP contribution is -2.15. The zero-order valence-electron chi connectivity index (χ0n) is 12.3. The topological polar surface area (TPSA) is 26.3 Å². The van der Waals surface area contributed by atoms with Crippen molar-refractivity contribution in [2.45, 2.75) is 25.7 Å². The summed E-state index contributed by atoms with van der Waals surface area (Å²) in [7, 11) is -3.05. The molecule has 0 amide bonds. The lowest BCUT2D eigenvalue weighted by atomic mass is 10.0. The summed E-state index contributed by atoms with van der Waals surface area (Å²) < 4.78 is 19.4. The van der Waals surface area contributed by atoms with E-state index in [0.717, 1.165) is 29.3 Å². The van der Waals surface area contributed by atoms with E-state index in [0.29, 0.717) is 5.75 Å². The van der Waals surface area contributed by atoms with Gasteiger partial charge in [0.1, 0.15) is 5.75 Å². The van der Waals surface area contributed by atoms with Crippen LogP contribution in [0.4, 0.5) is 0 Å². The normalized spacial score (nSPS) is 22.3. The molecule has 0 saturated heterocycles. The van der Waals surface area contributed by atoms with E-state index in [2.05, 4.69) is 5.73 Å². The third-order valence-electron chi connectivity index (χ3n) is 4.30. The first-order chi connectivity index (χ1) is 10.8. The Labute approximate surface area is 130 Å². The minimum atomic E-state index is -3.05. The number of fused-ring (bicyclic) bond motifs is 3. The van der Waals surface area contributed by atoms with Gasteiger partial charge in [-0.25, -0.2) is 0 Å². The highest BCUT2D eigenvalue weighted by molar-refractivity contribution is 7.70. The molecule has 1 aliphatic carbocycles. The van der Waals surface area contributed by atoms with Crippen molar-refractivity contribution in [1.29, 1.82) is 0 Å². The van der Waals surface area contributed by atoms with Crippen molar-refractivity contribution >= 4 is 12.7 Å². The fraction of sp³-hybridized carbons (Fsp3) is 0.211. The molecule has 2 aromatic rings. The Kier molecular flexibility index (Phi) is 3.30. The third-order valence-corrected chi connectivity index (χ3v) is 6.30. The summed E-state index contributed by atoms with van der Waals surface area (Å²) >= 11 is 0. The molecule has 110 valence electrons. The summed E-state index contributed by atoms with van der Waals surface area (Å²) in [5.74, 6) is 2.38. The minimum absolute atomic E-state index is 0.694. The highest BCUT2D eigenvalue weighted by Crippen LogP contribution is 2.55. The molecule has 0 bridgehead atoms. The van der Waals surface area contributed by atoms with Gasteiger partial charge in [0.2, 0.25) is 0 Å². The Morgan fingerprint density at radius 3 is 2.45 bits per heavy atom. The highest BCUT2D eigenvalue weighted by atomic mass is 31.2. The second-order valence-corrected chi connectivity index (χ2v) is 7.90. The Morgan fingerprint density at radius 2 is 1.64 bits per heavy atom. The molecule has 0 N–H and O–H groups in total. The molecule has 1 aliphatic heterocycles. The van der Waals surface area contributed by atoms with Gasteiger partial charge in [0.25, 0.3) is 0 Å². The van der Waals surface area contributed by atoms with Crippen LogP contribution in [0.25, 0.3) is 11.1 Å². The Balaban J connectivity index is 1.89. The average Bonchev–Trinajstić information content (AvgIpc) is 3.07. The summed E-state index contributed by atoms with van der Waals surface area (Å²) in [6.07, 6.45) is 4.55. The van der Waals surface area contributed by atoms with Gasteiger partial charge in [-0.1, -0.05) is 36.4 Å². The van der Waals surface area contributed by atoms with Crippen LogP contribution < -0.4 is 9.83 Å². The van der Waals surface area contributed by atoms with Crippen molar-refractivity contribution in [1.82, 2.24) is 0 Å². The fourth-order valence-electron chi connectivity index (χ4n) is 3.16. The summed E-state index contributed by atoms with van der Waals surface area (Å²) in [6, 6.07) is 15.6. The summed E-state index contributed by atoms with van der Waals surface area (Å²) in [5, 5.41) is 0.778. The number of hydrogen-bond donors (Lipinski definition) is 0. The van der Waals surface area contributed by atoms with E-state index >= 15 is 0 Å². The first-order valence-electron chi connectivity index (χ1n) is 7.70. The van der Waals surface area contributed by atoms with Crippen LogP contribution in [0.3, 0.4) is 0 Å². The Morgan fingerprint density at radius 1 is 0.955 bits per heavy atom. The summed E-state index contributed by atoms with van der Waals surface area (Å²) in [6.45, 7) is 0. The monoisotopic (exact) mass is 308 g/mol. The number of rotatable bonds is 1. The standard InChI is InChI=1S/C19H17O2P/c20-22(14-13-15-7-1-2-8-15)19-12-6-4-10-17(19)16-9-3-5-11-18(16)21-22/h3-6,9-12,14H,1-2,7-8H2. The van der Waals surface area contributed by atoms with E-state index in [1.54, 1.807) is 5.82 Å². The molecule has 0 spiro atoms. The van der Waals surface area contributed by atoms with E-state index in [1.165, 1.54) is 18.4 Å². The van der Waals surface area contributed by atoms with Gasteiger partial charge in [-0.15, -0.1) is 5.73 Å². The molecule has 2 nitrogen and oxygen atoms in total. The molecule has 2 aliphatic rings. The fourth-order valence-corrected chi connectivity index (χ4v) is 5.07. The van der Waals surface area contributed by atoms with Crippen molar-refractivity contribution in [3.05, 3.63) is 65.7 Å². The molecule has 0 aromatic heterocycles. The molecular weight excluding hydrogens is 291 g/mol. The first kappa shape index (κ1) is 13.6. The number of para-hydroxylation sites is 1. The molecule has 1 saturated carbocycles. The van der Waals surface area contributed by atoms with Crippen LogP contribution >= 0.6 is 7.37 Å². The first-order valence-corrected chi connectivity index (χ1v) is 9.40. The summed E-state index contributed by atoms with van der Waals surface area (Å²) in [4.78, 5) is 0. The lowest BCUT2D eigenvalue weighted by molar-refractivity contribution is 0.501. The molecule has 1 atom stereocenters. The largest absolute Gasteiger partial charge is 0.436 e. The maximum Gasteiger partial charge on any atom is 0.307 e. The van der Waals surface area contributed by atoms with Gasteiger partial charge in [0.15, 0.2) is 0 Å². The van der Waals surface area contributed by atoms with Gasteiger partial charge >= 0.3 is 7.37 Å². The van der Waals surface area contributed by atoms with Crippen molar-refractivity contribution in [2.24, 2.45) is 0 Å². The second-order valence-electron chi connectivity index (χ2n) is 5.79. The van der Waals surface area contributed by atoms with Crippen LogP contribution in [-0.2, 0) is 4.57 Å². The van der Waals surface area contributed by atoms with E-state index in [4.69, 9.17) is 4.52 Å². The molecule has 22 heavy (non-hydrogen) atoms. The molecule has 0 radical (unpaired) electrons. The van der Waals surface area contributed by atoms with Gasteiger partial charge in [-0.3, -0.25) is 4.57 Å². The molecule has 3 heteroatoms. The smallest absolute Gasteiger partial charge is 0.307 e. The molecule has 1 fully saturated rings. The predicted octanol–water partition coefficient (Wildman–Crippen LogP) is 5.26. The zero-order chi connectivity index (χ0) is 15.0. The van der Waals surface area contributed by atoms with Gasteiger partial charge in [0, 0.05) is 5.56 Å². The van der Waals surface area contributed by atoms with Crippen LogP contribution in [0.1, 0.15) is 25.7 Å². The van der Waals surface area contributed by atoms with Crippen molar-refractivity contribution in [3.63, 3.8) is 0 Å². The number of benzene rings is 2.